The van der Waals surface area contributed by atoms with Crippen molar-refractivity contribution in [3.63, 3.8) is 0 Å². The summed E-state index contributed by atoms with van der Waals surface area (Å²) in [7, 11) is 1.90. The molecule has 4 heterocycles. The van der Waals surface area contributed by atoms with Crippen molar-refractivity contribution in [3.8, 4) is 11.1 Å². The number of aryl methyl sites for hydroxylation is 1. The number of rotatable bonds is 4. The van der Waals surface area contributed by atoms with Gasteiger partial charge in [0.05, 0.1) is 17.2 Å². The molecule has 0 saturated heterocycles. The maximum absolute atomic E-state index is 4.69. The molecule has 0 aromatic carbocycles. The van der Waals surface area contributed by atoms with Gasteiger partial charge in [-0.05, 0) is 31.0 Å². The summed E-state index contributed by atoms with van der Waals surface area (Å²) in [5, 5.41) is 18.0. The molecule has 4 aromatic heterocycles. The third kappa shape index (κ3) is 2.82. The molecule has 0 spiro atoms. The fourth-order valence-corrected chi connectivity index (χ4v) is 3.94. The molecule has 8 heteroatoms. The Kier molecular flexibility index (Phi) is 3.63. The summed E-state index contributed by atoms with van der Waals surface area (Å²) >= 11 is 1.62. The van der Waals surface area contributed by atoms with E-state index in [0.29, 0.717) is 5.92 Å². The Morgan fingerprint density at radius 2 is 2.04 bits per heavy atom. The van der Waals surface area contributed by atoms with Gasteiger partial charge in [-0.2, -0.15) is 5.10 Å². The lowest BCUT2D eigenvalue weighted by Gasteiger charge is -2.21. The van der Waals surface area contributed by atoms with E-state index in [1.807, 2.05) is 43.8 Å². The number of hydrogen-bond acceptors (Lipinski definition) is 7. The molecule has 0 atom stereocenters. The highest BCUT2D eigenvalue weighted by Crippen LogP contribution is 2.38. The Bertz CT molecular complexity index is 1080. The Balaban J connectivity index is 1.43. The number of fused-ring (bicyclic) bond motifs is 1. The van der Waals surface area contributed by atoms with E-state index in [0.717, 1.165) is 38.1 Å². The molecule has 5 rings (SSSR count). The van der Waals surface area contributed by atoms with E-state index >= 15 is 0 Å². The Labute approximate surface area is 154 Å². The van der Waals surface area contributed by atoms with Gasteiger partial charge < -0.3 is 5.32 Å². The van der Waals surface area contributed by atoms with Crippen LogP contribution < -0.4 is 5.32 Å². The number of nitrogens with zero attached hydrogens (tertiary/aromatic N) is 6. The molecule has 4 aromatic rings. The van der Waals surface area contributed by atoms with Gasteiger partial charge in [0.2, 0.25) is 5.13 Å². The Hall–Kier alpha value is -2.87. The normalized spacial score (nSPS) is 14.5. The van der Waals surface area contributed by atoms with Gasteiger partial charge in [-0.3, -0.25) is 9.67 Å². The molecule has 1 aliphatic carbocycles. The second-order valence-corrected chi connectivity index (χ2v) is 7.57. The van der Waals surface area contributed by atoms with E-state index in [9.17, 15) is 0 Å². The summed E-state index contributed by atoms with van der Waals surface area (Å²) in [5.41, 5.74) is 3.71. The number of anilines is 2. The fourth-order valence-electron chi connectivity index (χ4n) is 3.02. The first kappa shape index (κ1) is 15.4. The van der Waals surface area contributed by atoms with Crippen LogP contribution in [0.4, 0.5) is 10.9 Å². The Morgan fingerprint density at radius 1 is 1.12 bits per heavy atom. The lowest BCUT2D eigenvalue weighted by molar-refractivity contribution is 0.416. The van der Waals surface area contributed by atoms with Gasteiger partial charge in [0.25, 0.3) is 0 Å². The number of hydrogen-bond donors (Lipinski definition) is 1. The quantitative estimate of drug-likeness (QED) is 0.592. The maximum Gasteiger partial charge on any atom is 0.211 e. The monoisotopic (exact) mass is 363 g/mol. The molecule has 0 aliphatic heterocycles. The molecule has 26 heavy (non-hydrogen) atoms. The van der Waals surface area contributed by atoms with Gasteiger partial charge in [0.15, 0.2) is 0 Å². The second-order valence-electron chi connectivity index (χ2n) is 6.56. The van der Waals surface area contributed by atoms with E-state index in [1.54, 1.807) is 16.0 Å². The van der Waals surface area contributed by atoms with E-state index in [2.05, 4.69) is 30.6 Å². The van der Waals surface area contributed by atoms with Crippen LogP contribution in [-0.2, 0) is 7.05 Å². The van der Waals surface area contributed by atoms with Crippen LogP contribution in [0.15, 0.2) is 36.8 Å². The molecule has 0 bridgehead atoms. The average molecular weight is 363 g/mol. The largest absolute Gasteiger partial charge is 0.315 e. The highest BCUT2D eigenvalue weighted by molar-refractivity contribution is 7.15. The summed E-state index contributed by atoms with van der Waals surface area (Å²) in [6.45, 7) is 0. The van der Waals surface area contributed by atoms with Crippen molar-refractivity contribution < 1.29 is 0 Å². The zero-order valence-corrected chi connectivity index (χ0v) is 15.1. The van der Waals surface area contributed by atoms with E-state index in [-0.39, 0.29) is 0 Å². The van der Waals surface area contributed by atoms with Crippen LogP contribution in [0.3, 0.4) is 0 Å². The lowest BCUT2D eigenvalue weighted by atomic mass is 9.86. The smallest absolute Gasteiger partial charge is 0.211 e. The molecular formula is C18H17N7S. The molecule has 1 fully saturated rings. The SMILES string of the molecule is Cn1cc(-c2cnc3ccc(Nc4nnc(C5CCC5)s4)nc3c2)cn1. The third-order valence-electron chi connectivity index (χ3n) is 4.71. The van der Waals surface area contributed by atoms with E-state index < -0.39 is 0 Å². The van der Waals surface area contributed by atoms with E-state index in [4.69, 9.17) is 0 Å². The summed E-state index contributed by atoms with van der Waals surface area (Å²) in [4.78, 5) is 9.20. The minimum atomic E-state index is 0.596. The van der Waals surface area contributed by atoms with Crippen LogP contribution in [0.25, 0.3) is 22.2 Å². The third-order valence-corrected chi connectivity index (χ3v) is 5.71. The predicted octanol–water partition coefficient (Wildman–Crippen LogP) is 3.89. The van der Waals surface area contributed by atoms with Crippen LogP contribution >= 0.6 is 11.3 Å². The van der Waals surface area contributed by atoms with Crippen molar-refractivity contribution in [1.29, 1.82) is 0 Å². The molecular weight excluding hydrogens is 346 g/mol. The van der Waals surface area contributed by atoms with Crippen LogP contribution in [0, 0.1) is 0 Å². The van der Waals surface area contributed by atoms with Crippen LogP contribution in [0.5, 0.6) is 0 Å². The number of aromatic nitrogens is 6. The molecule has 7 nitrogen and oxygen atoms in total. The van der Waals surface area contributed by atoms with Gasteiger partial charge in [0.1, 0.15) is 10.8 Å². The zero-order valence-electron chi connectivity index (χ0n) is 14.3. The zero-order chi connectivity index (χ0) is 17.5. The first-order valence-electron chi connectivity index (χ1n) is 8.61. The first-order valence-corrected chi connectivity index (χ1v) is 9.42. The molecule has 1 aliphatic rings. The van der Waals surface area contributed by atoms with Gasteiger partial charge in [0, 0.05) is 36.5 Å². The van der Waals surface area contributed by atoms with Crippen molar-refractivity contribution in [2.45, 2.75) is 25.2 Å². The maximum atomic E-state index is 4.69. The molecule has 0 amide bonds. The lowest BCUT2D eigenvalue weighted by Crippen LogP contribution is -2.07. The molecule has 1 saturated carbocycles. The van der Waals surface area contributed by atoms with Crippen LogP contribution in [0.2, 0.25) is 0 Å². The topological polar surface area (TPSA) is 81.4 Å². The van der Waals surface area contributed by atoms with Crippen LogP contribution in [-0.4, -0.2) is 29.9 Å². The number of pyridine rings is 2. The highest BCUT2D eigenvalue weighted by Gasteiger charge is 2.23. The fraction of sp³-hybridized carbons (Fsp3) is 0.278. The van der Waals surface area contributed by atoms with Gasteiger partial charge >= 0.3 is 0 Å². The van der Waals surface area contributed by atoms with Gasteiger partial charge in [-0.25, -0.2) is 4.98 Å². The van der Waals surface area contributed by atoms with Crippen molar-refractivity contribution in [2.75, 3.05) is 5.32 Å². The average Bonchev–Trinajstić information content (AvgIpc) is 3.22. The van der Waals surface area contributed by atoms with Crippen LogP contribution in [0.1, 0.15) is 30.2 Å². The summed E-state index contributed by atoms with van der Waals surface area (Å²) in [5.74, 6) is 1.35. The predicted molar refractivity (Wildman–Crippen MR) is 102 cm³/mol. The Morgan fingerprint density at radius 3 is 2.81 bits per heavy atom. The molecule has 0 unspecified atom stereocenters. The number of nitrogens with one attached hydrogen (secondary N) is 1. The second kappa shape index (κ2) is 6.14. The van der Waals surface area contributed by atoms with E-state index in [1.165, 1.54) is 19.3 Å². The highest BCUT2D eigenvalue weighted by atomic mass is 32.1. The summed E-state index contributed by atoms with van der Waals surface area (Å²) < 4.78 is 1.78. The summed E-state index contributed by atoms with van der Waals surface area (Å²) in [6, 6.07) is 5.92. The standard InChI is InChI=1S/C18H17N7S/c1-25-10-13(9-20-25)12-7-15-14(19-8-12)5-6-16(21-15)22-18-24-23-17(26-18)11-3-2-4-11/h5-11H,2-4H2,1H3,(H,21,22,24). The van der Waals surface area contributed by atoms with Gasteiger partial charge in [-0.1, -0.05) is 17.8 Å². The van der Waals surface area contributed by atoms with Crippen molar-refractivity contribution in [2.24, 2.45) is 7.05 Å². The molecule has 1 N–H and O–H groups in total. The van der Waals surface area contributed by atoms with Gasteiger partial charge in [-0.15, -0.1) is 10.2 Å². The minimum absolute atomic E-state index is 0.596. The van der Waals surface area contributed by atoms with Crippen molar-refractivity contribution >= 4 is 33.3 Å². The minimum Gasteiger partial charge on any atom is -0.315 e. The van der Waals surface area contributed by atoms with Crippen molar-refractivity contribution in [3.05, 3.63) is 41.8 Å². The molecule has 130 valence electrons. The molecule has 0 radical (unpaired) electrons. The van der Waals surface area contributed by atoms with Crippen molar-refractivity contribution in [1.82, 2.24) is 29.9 Å². The summed E-state index contributed by atoms with van der Waals surface area (Å²) in [6.07, 6.45) is 9.40. The first-order chi connectivity index (χ1) is 12.7.